The van der Waals surface area contributed by atoms with Crippen molar-refractivity contribution in [3.05, 3.63) is 0 Å². The second-order valence-corrected chi connectivity index (χ2v) is 5.09. The summed E-state index contributed by atoms with van der Waals surface area (Å²) < 4.78 is 10.2. The number of rotatable bonds is 7. The summed E-state index contributed by atoms with van der Waals surface area (Å²) in [5, 5.41) is 65.8. The van der Waals surface area contributed by atoms with Gasteiger partial charge in [-0.2, -0.15) is 0 Å². The summed E-state index contributed by atoms with van der Waals surface area (Å²) >= 11 is 0. The van der Waals surface area contributed by atoms with Gasteiger partial charge in [-0.3, -0.25) is 0 Å². The third-order valence-corrected chi connectivity index (χ3v) is 3.43. The van der Waals surface area contributed by atoms with E-state index in [0.717, 1.165) is 0 Å². The second kappa shape index (κ2) is 6.60. The Balaban J connectivity index is 2.73. The molecule has 1 aliphatic rings. The highest BCUT2D eigenvalue weighted by molar-refractivity contribution is 4.97. The predicted octanol–water partition coefficient (Wildman–Crippen LogP) is -4.09. The molecule has 0 unspecified atom stereocenters. The lowest BCUT2D eigenvalue weighted by molar-refractivity contribution is -0.289. The minimum atomic E-state index is -2.01. The first kappa shape index (κ1) is 17.7. The van der Waals surface area contributed by atoms with Crippen LogP contribution in [0.25, 0.3) is 0 Å². The van der Waals surface area contributed by atoms with E-state index in [1.54, 1.807) is 0 Å². The van der Waals surface area contributed by atoms with Crippen molar-refractivity contribution in [2.75, 3.05) is 26.4 Å². The molecule has 20 heavy (non-hydrogen) atoms. The van der Waals surface area contributed by atoms with Crippen molar-refractivity contribution in [2.45, 2.75) is 42.7 Å². The van der Waals surface area contributed by atoms with E-state index < -0.39 is 62.2 Å². The normalized spacial score (nSPS) is 38.7. The average molecular weight is 298 g/mol. The maximum atomic E-state index is 9.82. The van der Waals surface area contributed by atoms with E-state index in [-0.39, 0.29) is 0 Å². The van der Waals surface area contributed by atoms with Crippen molar-refractivity contribution in [1.29, 1.82) is 0 Å². The summed E-state index contributed by atoms with van der Waals surface area (Å²) in [6, 6.07) is 0. The van der Waals surface area contributed by atoms with Crippen molar-refractivity contribution < 1.29 is 45.2 Å². The van der Waals surface area contributed by atoms with Crippen molar-refractivity contribution in [3.63, 3.8) is 0 Å². The zero-order chi connectivity index (χ0) is 15.6. The van der Waals surface area contributed by atoms with Crippen LogP contribution in [-0.4, -0.2) is 98.0 Å². The summed E-state index contributed by atoms with van der Waals surface area (Å²) in [5.41, 5.74) is -1.84. The van der Waals surface area contributed by atoms with E-state index in [4.69, 9.17) is 19.7 Å². The largest absolute Gasteiger partial charge is 0.394 e. The minimum absolute atomic E-state index is 0.573. The van der Waals surface area contributed by atoms with Crippen molar-refractivity contribution in [2.24, 2.45) is 0 Å². The second-order valence-electron chi connectivity index (χ2n) is 5.09. The van der Waals surface area contributed by atoms with Gasteiger partial charge in [-0.25, -0.2) is 0 Å². The monoisotopic (exact) mass is 298 g/mol. The van der Waals surface area contributed by atoms with E-state index in [1.165, 1.54) is 6.92 Å². The van der Waals surface area contributed by atoms with Gasteiger partial charge in [0.25, 0.3) is 0 Å². The Kier molecular flexibility index (Phi) is 5.84. The standard InChI is InChI=1S/C11H22O9/c1-10(18,4-13)7(15)3-19-11(5-14)9(17)8(16)6(2-12)20-11/h6-9,12-18H,2-5H2,1H3/t6-,7-,8+,9+,10+,11-/m1/s1. The van der Waals surface area contributed by atoms with E-state index >= 15 is 0 Å². The van der Waals surface area contributed by atoms with Crippen LogP contribution in [0.5, 0.6) is 0 Å². The summed E-state index contributed by atoms with van der Waals surface area (Å²) in [7, 11) is 0. The topological polar surface area (TPSA) is 160 Å². The molecule has 0 aromatic heterocycles. The fourth-order valence-corrected chi connectivity index (χ4v) is 1.81. The van der Waals surface area contributed by atoms with E-state index in [9.17, 15) is 25.5 Å². The summed E-state index contributed by atoms with van der Waals surface area (Å²) in [6.07, 6.45) is -5.77. The van der Waals surface area contributed by atoms with Crippen LogP contribution in [0.3, 0.4) is 0 Å². The first-order valence-corrected chi connectivity index (χ1v) is 6.15. The van der Waals surface area contributed by atoms with E-state index in [2.05, 4.69) is 0 Å². The molecule has 1 heterocycles. The molecular weight excluding hydrogens is 276 g/mol. The fraction of sp³-hybridized carbons (Fsp3) is 1.00. The molecule has 9 heteroatoms. The highest BCUT2D eigenvalue weighted by Gasteiger charge is 2.55. The molecule has 1 saturated heterocycles. The molecular formula is C11H22O9. The molecule has 7 N–H and O–H groups in total. The van der Waals surface area contributed by atoms with Gasteiger partial charge in [-0.05, 0) is 6.92 Å². The summed E-state index contributed by atoms with van der Waals surface area (Å²) in [6.45, 7) is -1.56. The van der Waals surface area contributed by atoms with Crippen molar-refractivity contribution in [1.82, 2.24) is 0 Å². The van der Waals surface area contributed by atoms with Crippen LogP contribution in [0, 0.1) is 0 Å². The van der Waals surface area contributed by atoms with E-state index in [1.807, 2.05) is 0 Å². The third-order valence-electron chi connectivity index (χ3n) is 3.43. The fourth-order valence-electron chi connectivity index (χ4n) is 1.81. The van der Waals surface area contributed by atoms with Crippen LogP contribution in [-0.2, 0) is 9.47 Å². The molecule has 1 fully saturated rings. The lowest BCUT2D eigenvalue weighted by atomic mass is 10.0. The van der Waals surface area contributed by atoms with Crippen LogP contribution in [0.4, 0.5) is 0 Å². The lowest BCUT2D eigenvalue weighted by Crippen LogP contribution is -2.52. The molecule has 0 bridgehead atoms. The van der Waals surface area contributed by atoms with Gasteiger partial charge in [0.15, 0.2) is 0 Å². The molecule has 0 spiro atoms. The molecule has 1 rings (SSSR count). The molecule has 120 valence electrons. The first-order valence-electron chi connectivity index (χ1n) is 6.15. The number of aliphatic hydroxyl groups is 7. The van der Waals surface area contributed by atoms with Crippen LogP contribution >= 0.6 is 0 Å². The van der Waals surface area contributed by atoms with Gasteiger partial charge in [-0.15, -0.1) is 0 Å². The minimum Gasteiger partial charge on any atom is -0.394 e. The maximum Gasteiger partial charge on any atom is 0.221 e. The van der Waals surface area contributed by atoms with Crippen LogP contribution in [0.1, 0.15) is 6.92 Å². The van der Waals surface area contributed by atoms with Gasteiger partial charge in [0.1, 0.15) is 36.6 Å². The molecule has 0 radical (unpaired) electrons. The Morgan fingerprint density at radius 2 is 1.90 bits per heavy atom. The van der Waals surface area contributed by atoms with Crippen molar-refractivity contribution >= 4 is 0 Å². The third kappa shape index (κ3) is 3.27. The number of aliphatic hydroxyl groups excluding tert-OH is 6. The smallest absolute Gasteiger partial charge is 0.221 e. The molecule has 0 aliphatic carbocycles. The predicted molar refractivity (Wildman–Crippen MR) is 63.5 cm³/mol. The van der Waals surface area contributed by atoms with Gasteiger partial charge < -0.3 is 45.2 Å². The molecule has 1 aliphatic heterocycles. The number of hydrogen-bond acceptors (Lipinski definition) is 9. The van der Waals surface area contributed by atoms with Gasteiger partial charge in [0.2, 0.25) is 5.79 Å². The average Bonchev–Trinajstić information content (AvgIpc) is 2.69. The Labute approximate surface area is 115 Å². The SMILES string of the molecule is C[C@](O)(CO)[C@H](O)CO[C@]1(CO)O[C@H](CO)[C@H](O)[C@@H]1O. The molecule has 0 saturated carbocycles. The number of ether oxygens (including phenoxy) is 2. The number of hydrogen-bond donors (Lipinski definition) is 7. The van der Waals surface area contributed by atoms with Gasteiger partial charge in [0.05, 0.1) is 19.8 Å². The molecule has 9 nitrogen and oxygen atoms in total. The Hall–Kier alpha value is -0.360. The van der Waals surface area contributed by atoms with Gasteiger partial charge in [-0.1, -0.05) is 0 Å². The maximum absolute atomic E-state index is 9.82. The Morgan fingerprint density at radius 3 is 2.30 bits per heavy atom. The van der Waals surface area contributed by atoms with Crippen LogP contribution in [0.15, 0.2) is 0 Å². The summed E-state index contributed by atoms with van der Waals surface area (Å²) in [5.74, 6) is -2.01. The summed E-state index contributed by atoms with van der Waals surface area (Å²) in [4.78, 5) is 0. The van der Waals surface area contributed by atoms with Crippen molar-refractivity contribution in [3.8, 4) is 0 Å². The highest BCUT2D eigenvalue weighted by atomic mass is 16.7. The molecule has 6 atom stereocenters. The molecule has 0 amide bonds. The van der Waals surface area contributed by atoms with E-state index in [0.29, 0.717) is 0 Å². The van der Waals surface area contributed by atoms with Crippen LogP contribution in [0.2, 0.25) is 0 Å². The molecule has 0 aromatic rings. The highest BCUT2D eigenvalue weighted by Crippen LogP contribution is 2.32. The van der Waals surface area contributed by atoms with Crippen LogP contribution < -0.4 is 0 Å². The Bertz CT molecular complexity index is 310. The Morgan fingerprint density at radius 1 is 1.30 bits per heavy atom. The van der Waals surface area contributed by atoms with Gasteiger partial charge >= 0.3 is 0 Å². The lowest BCUT2D eigenvalue weighted by Gasteiger charge is -2.33. The zero-order valence-corrected chi connectivity index (χ0v) is 11.1. The first-order chi connectivity index (χ1) is 9.24. The van der Waals surface area contributed by atoms with Gasteiger partial charge in [0, 0.05) is 0 Å². The quantitative estimate of drug-likeness (QED) is 0.248. The molecule has 0 aromatic carbocycles. The zero-order valence-electron chi connectivity index (χ0n) is 11.1.